The lowest BCUT2D eigenvalue weighted by Gasteiger charge is -2.40. The molecule has 1 heterocycles. The third kappa shape index (κ3) is 2.35. The molecule has 0 aromatic rings. The van der Waals surface area contributed by atoms with Gasteiger partial charge in [0.15, 0.2) is 0 Å². The summed E-state index contributed by atoms with van der Waals surface area (Å²) in [5.74, 6) is 0. The smallest absolute Gasteiger partial charge is 0.214 e. The Hall–Kier alpha value is -0.270. The fourth-order valence-corrected chi connectivity index (χ4v) is 2.01. The second-order valence-corrected chi connectivity index (χ2v) is 4.97. The molecule has 1 fully saturated rings. The molecule has 1 saturated heterocycles. The standard InChI is InChI=1S/C6H12F2N2O2S/c7-1-5(2-8)10-3-6(4-10)13(9,11)12/h5-6H,1-4H2,(H2,9,11,12). The fraction of sp³-hybridized carbons (Fsp3) is 1.00. The summed E-state index contributed by atoms with van der Waals surface area (Å²) in [4.78, 5) is 1.44. The maximum Gasteiger partial charge on any atom is 0.214 e. The van der Waals surface area contributed by atoms with Gasteiger partial charge in [-0.3, -0.25) is 4.90 Å². The van der Waals surface area contributed by atoms with Gasteiger partial charge in [0.25, 0.3) is 0 Å². The van der Waals surface area contributed by atoms with Crippen LogP contribution in [-0.4, -0.2) is 51.0 Å². The highest BCUT2D eigenvalue weighted by Crippen LogP contribution is 2.17. The van der Waals surface area contributed by atoms with Crippen LogP contribution in [0.2, 0.25) is 0 Å². The summed E-state index contributed by atoms with van der Waals surface area (Å²) >= 11 is 0. The van der Waals surface area contributed by atoms with Crippen molar-refractivity contribution in [2.24, 2.45) is 5.14 Å². The summed E-state index contributed by atoms with van der Waals surface area (Å²) < 4.78 is 45.6. The zero-order valence-electron chi connectivity index (χ0n) is 6.99. The van der Waals surface area contributed by atoms with Gasteiger partial charge in [0.1, 0.15) is 18.6 Å². The van der Waals surface area contributed by atoms with E-state index < -0.39 is 34.7 Å². The Morgan fingerprint density at radius 1 is 1.38 bits per heavy atom. The Bertz CT molecular complexity index is 260. The Morgan fingerprint density at radius 2 is 1.85 bits per heavy atom. The topological polar surface area (TPSA) is 63.4 Å². The molecule has 1 aliphatic heterocycles. The maximum absolute atomic E-state index is 12.1. The molecular formula is C6H12F2N2O2S. The normalized spacial score (nSPS) is 20.6. The number of rotatable bonds is 4. The van der Waals surface area contributed by atoms with Crippen LogP contribution in [0.25, 0.3) is 0 Å². The van der Waals surface area contributed by atoms with E-state index in [-0.39, 0.29) is 13.1 Å². The van der Waals surface area contributed by atoms with Crippen molar-refractivity contribution >= 4 is 10.0 Å². The first kappa shape index (κ1) is 10.8. The van der Waals surface area contributed by atoms with Crippen molar-refractivity contribution < 1.29 is 17.2 Å². The second kappa shape index (κ2) is 3.85. The van der Waals surface area contributed by atoms with Crippen molar-refractivity contribution in [2.75, 3.05) is 26.4 Å². The SMILES string of the molecule is NS(=O)(=O)C1CN(C(CF)CF)C1. The lowest BCUT2D eigenvalue weighted by atomic mass is 10.1. The first-order valence-electron chi connectivity index (χ1n) is 3.86. The summed E-state index contributed by atoms with van der Waals surface area (Å²) in [6, 6.07) is -0.807. The van der Waals surface area contributed by atoms with E-state index >= 15 is 0 Å². The molecule has 78 valence electrons. The number of hydrogen-bond acceptors (Lipinski definition) is 3. The molecule has 13 heavy (non-hydrogen) atoms. The van der Waals surface area contributed by atoms with Crippen LogP contribution in [0.3, 0.4) is 0 Å². The van der Waals surface area contributed by atoms with Gasteiger partial charge in [-0.05, 0) is 0 Å². The summed E-state index contributed by atoms with van der Waals surface area (Å²) in [7, 11) is -3.54. The van der Waals surface area contributed by atoms with Gasteiger partial charge in [-0.15, -0.1) is 0 Å². The molecule has 0 atom stereocenters. The van der Waals surface area contributed by atoms with Gasteiger partial charge in [-0.25, -0.2) is 22.3 Å². The number of nitrogens with zero attached hydrogens (tertiary/aromatic N) is 1. The van der Waals surface area contributed by atoms with Crippen LogP contribution in [0.15, 0.2) is 0 Å². The van der Waals surface area contributed by atoms with Gasteiger partial charge in [0.2, 0.25) is 10.0 Å². The van der Waals surface area contributed by atoms with Crippen LogP contribution in [-0.2, 0) is 10.0 Å². The molecule has 0 bridgehead atoms. The van der Waals surface area contributed by atoms with Crippen LogP contribution < -0.4 is 5.14 Å². The second-order valence-electron chi connectivity index (χ2n) is 3.13. The van der Waals surface area contributed by atoms with Crippen molar-refractivity contribution in [3.05, 3.63) is 0 Å². The molecule has 7 heteroatoms. The quantitative estimate of drug-likeness (QED) is 0.671. The number of halogens is 2. The van der Waals surface area contributed by atoms with Crippen LogP contribution in [0.4, 0.5) is 8.78 Å². The van der Waals surface area contributed by atoms with Crippen LogP contribution in [0, 0.1) is 0 Å². The largest absolute Gasteiger partial charge is 0.293 e. The number of nitrogens with two attached hydrogens (primary N) is 1. The molecule has 0 saturated carbocycles. The minimum atomic E-state index is -3.54. The molecular weight excluding hydrogens is 202 g/mol. The van der Waals surface area contributed by atoms with Gasteiger partial charge in [-0.1, -0.05) is 0 Å². The van der Waals surface area contributed by atoms with Crippen molar-refractivity contribution in [2.45, 2.75) is 11.3 Å². The van der Waals surface area contributed by atoms with E-state index in [0.29, 0.717) is 0 Å². The third-order valence-electron chi connectivity index (χ3n) is 2.21. The number of alkyl halides is 2. The zero-order chi connectivity index (χ0) is 10.1. The third-order valence-corrected chi connectivity index (χ3v) is 3.44. The highest BCUT2D eigenvalue weighted by Gasteiger charge is 2.38. The minimum Gasteiger partial charge on any atom is -0.293 e. The Kier molecular flexibility index (Phi) is 3.20. The lowest BCUT2D eigenvalue weighted by molar-refractivity contribution is 0.0835. The first-order valence-corrected chi connectivity index (χ1v) is 5.47. The Labute approximate surface area is 75.7 Å². The Morgan fingerprint density at radius 3 is 2.15 bits per heavy atom. The summed E-state index contributed by atoms with van der Waals surface area (Å²) in [6.45, 7) is -1.32. The van der Waals surface area contributed by atoms with E-state index in [1.54, 1.807) is 0 Å². The van der Waals surface area contributed by atoms with Crippen molar-refractivity contribution in [1.82, 2.24) is 4.90 Å². The molecule has 0 unspecified atom stereocenters. The Balaban J connectivity index is 2.41. The molecule has 0 aromatic carbocycles. The van der Waals surface area contributed by atoms with Crippen LogP contribution in [0.1, 0.15) is 0 Å². The summed E-state index contributed by atoms with van der Waals surface area (Å²) in [5, 5.41) is 4.18. The first-order chi connectivity index (χ1) is 5.99. The predicted octanol–water partition coefficient (Wildman–Crippen LogP) is -0.733. The molecule has 0 amide bonds. The molecule has 0 radical (unpaired) electrons. The van der Waals surface area contributed by atoms with E-state index in [4.69, 9.17) is 5.14 Å². The van der Waals surface area contributed by atoms with Crippen molar-refractivity contribution in [1.29, 1.82) is 0 Å². The molecule has 4 nitrogen and oxygen atoms in total. The van der Waals surface area contributed by atoms with Gasteiger partial charge >= 0.3 is 0 Å². The average molecular weight is 214 g/mol. The predicted molar refractivity (Wildman–Crippen MR) is 44.2 cm³/mol. The van der Waals surface area contributed by atoms with Crippen molar-refractivity contribution in [3.8, 4) is 0 Å². The summed E-state index contributed by atoms with van der Waals surface area (Å²) in [6.07, 6.45) is 0. The number of sulfonamides is 1. The summed E-state index contributed by atoms with van der Waals surface area (Å²) in [5.41, 5.74) is 0. The zero-order valence-corrected chi connectivity index (χ0v) is 7.80. The molecule has 0 aliphatic carbocycles. The number of likely N-dealkylation sites (tertiary alicyclic amines) is 1. The number of primary sulfonamides is 1. The number of hydrogen-bond donors (Lipinski definition) is 1. The maximum atomic E-state index is 12.1. The molecule has 0 aromatic heterocycles. The van der Waals surface area contributed by atoms with E-state index in [2.05, 4.69) is 0 Å². The fourth-order valence-electron chi connectivity index (χ4n) is 1.21. The molecule has 0 spiro atoms. The minimum absolute atomic E-state index is 0.136. The highest BCUT2D eigenvalue weighted by atomic mass is 32.2. The van der Waals surface area contributed by atoms with Crippen molar-refractivity contribution in [3.63, 3.8) is 0 Å². The monoisotopic (exact) mass is 214 g/mol. The van der Waals surface area contributed by atoms with E-state index in [9.17, 15) is 17.2 Å². The average Bonchev–Trinajstić information content (AvgIpc) is 1.92. The molecule has 1 aliphatic rings. The van der Waals surface area contributed by atoms with Gasteiger partial charge < -0.3 is 0 Å². The molecule has 1 rings (SSSR count). The lowest BCUT2D eigenvalue weighted by Crippen LogP contribution is -2.60. The van der Waals surface area contributed by atoms with Gasteiger partial charge in [0, 0.05) is 13.1 Å². The molecule has 2 N–H and O–H groups in total. The van der Waals surface area contributed by atoms with Crippen LogP contribution >= 0.6 is 0 Å². The van der Waals surface area contributed by atoms with Crippen LogP contribution in [0.5, 0.6) is 0 Å². The van der Waals surface area contributed by atoms with Gasteiger partial charge in [0.05, 0.1) is 6.04 Å². The van der Waals surface area contributed by atoms with E-state index in [1.807, 2.05) is 0 Å². The highest BCUT2D eigenvalue weighted by molar-refractivity contribution is 7.89. The van der Waals surface area contributed by atoms with E-state index in [0.717, 1.165) is 0 Å². The van der Waals surface area contributed by atoms with E-state index in [1.165, 1.54) is 4.90 Å². The van der Waals surface area contributed by atoms with Gasteiger partial charge in [-0.2, -0.15) is 0 Å².